The molecule has 1 heterocycles. The van der Waals surface area contributed by atoms with Crippen molar-refractivity contribution < 1.29 is 14.3 Å². The van der Waals surface area contributed by atoms with E-state index in [4.69, 9.17) is 21.1 Å². The molecule has 1 aliphatic heterocycles. The molecule has 1 fully saturated rings. The molecule has 1 saturated heterocycles. The highest BCUT2D eigenvalue weighted by Crippen LogP contribution is 2.25. The minimum absolute atomic E-state index is 0.296. The zero-order valence-corrected chi connectivity index (χ0v) is 10.3. The van der Waals surface area contributed by atoms with Crippen LogP contribution in [0.1, 0.15) is 12.0 Å². The summed E-state index contributed by atoms with van der Waals surface area (Å²) in [7, 11) is 1.84. The highest BCUT2D eigenvalue weighted by Gasteiger charge is 2.28. The minimum Gasteiger partial charge on any atom is -0.478 e. The quantitative estimate of drug-likeness (QED) is 0.833. The third-order valence-corrected chi connectivity index (χ3v) is 2.78. The Morgan fingerprint density at radius 2 is 2.41 bits per heavy atom. The van der Waals surface area contributed by atoms with E-state index in [1.54, 1.807) is 12.1 Å². The van der Waals surface area contributed by atoms with Gasteiger partial charge in [0.1, 0.15) is 5.75 Å². The van der Waals surface area contributed by atoms with Crippen LogP contribution in [-0.2, 0) is 16.1 Å². The second-order valence-corrected chi connectivity index (χ2v) is 4.28. The molecule has 1 aromatic rings. The average molecular weight is 256 g/mol. The van der Waals surface area contributed by atoms with Gasteiger partial charge in [0.2, 0.25) is 0 Å². The lowest BCUT2D eigenvalue weighted by Gasteiger charge is -2.14. The van der Waals surface area contributed by atoms with E-state index in [0.717, 1.165) is 5.56 Å². The second kappa shape index (κ2) is 5.38. The lowest BCUT2D eigenvalue weighted by atomic mass is 10.2. The van der Waals surface area contributed by atoms with Crippen molar-refractivity contribution >= 4 is 17.6 Å². The van der Waals surface area contributed by atoms with Crippen molar-refractivity contribution in [3.05, 3.63) is 28.8 Å². The van der Waals surface area contributed by atoms with Crippen LogP contribution in [0.3, 0.4) is 0 Å². The Hall–Kier alpha value is -1.26. The van der Waals surface area contributed by atoms with E-state index in [1.807, 2.05) is 13.1 Å². The van der Waals surface area contributed by atoms with Crippen LogP contribution in [0.4, 0.5) is 0 Å². The summed E-state index contributed by atoms with van der Waals surface area (Å²) in [6.07, 6.45) is 0.104. The van der Waals surface area contributed by atoms with E-state index >= 15 is 0 Å². The molecule has 0 spiro atoms. The lowest BCUT2D eigenvalue weighted by molar-refractivity contribution is -0.143. The third kappa shape index (κ3) is 2.90. The van der Waals surface area contributed by atoms with Crippen LogP contribution in [0, 0.1) is 0 Å². The predicted octanol–water partition coefficient (Wildman–Crippen LogP) is 1.75. The van der Waals surface area contributed by atoms with Gasteiger partial charge in [0.25, 0.3) is 0 Å². The van der Waals surface area contributed by atoms with Crippen LogP contribution >= 0.6 is 11.6 Å². The molecule has 0 radical (unpaired) electrons. The van der Waals surface area contributed by atoms with Crippen molar-refractivity contribution in [1.29, 1.82) is 0 Å². The van der Waals surface area contributed by atoms with E-state index in [0.29, 0.717) is 30.3 Å². The molecule has 0 bridgehead atoms. The summed E-state index contributed by atoms with van der Waals surface area (Å²) >= 11 is 5.92. The summed E-state index contributed by atoms with van der Waals surface area (Å²) in [6, 6.07) is 5.35. The molecular formula is C12H14ClNO3. The maximum Gasteiger partial charge on any atom is 0.347 e. The summed E-state index contributed by atoms with van der Waals surface area (Å²) in [5, 5.41) is 3.68. The highest BCUT2D eigenvalue weighted by atomic mass is 35.5. The van der Waals surface area contributed by atoms with E-state index in [1.165, 1.54) is 0 Å². The van der Waals surface area contributed by atoms with Crippen molar-refractivity contribution in [2.75, 3.05) is 13.7 Å². The largest absolute Gasteiger partial charge is 0.478 e. The highest BCUT2D eigenvalue weighted by molar-refractivity contribution is 6.30. The van der Waals surface area contributed by atoms with Gasteiger partial charge in [0.05, 0.1) is 6.61 Å². The average Bonchev–Trinajstić information content (AvgIpc) is 2.69. The van der Waals surface area contributed by atoms with Crippen LogP contribution in [0.2, 0.25) is 5.02 Å². The van der Waals surface area contributed by atoms with Gasteiger partial charge in [-0.3, -0.25) is 0 Å². The Bertz CT molecular complexity index is 422. The predicted molar refractivity (Wildman–Crippen MR) is 64.2 cm³/mol. The van der Waals surface area contributed by atoms with Crippen molar-refractivity contribution in [3.8, 4) is 5.75 Å². The number of carbonyl (C=O) groups excluding carboxylic acids is 1. The SMILES string of the molecule is CNCc1cc(Cl)ccc1OC1CCOC1=O. The Balaban J connectivity index is 2.16. The molecule has 4 nitrogen and oxygen atoms in total. The van der Waals surface area contributed by atoms with Crippen molar-refractivity contribution in [3.63, 3.8) is 0 Å². The number of benzene rings is 1. The number of carbonyl (C=O) groups is 1. The summed E-state index contributed by atoms with van der Waals surface area (Å²) in [6.45, 7) is 1.07. The van der Waals surface area contributed by atoms with Gasteiger partial charge in [-0.2, -0.15) is 0 Å². The fourth-order valence-electron chi connectivity index (χ4n) is 1.73. The van der Waals surface area contributed by atoms with Crippen LogP contribution in [0.5, 0.6) is 5.75 Å². The maximum absolute atomic E-state index is 11.3. The molecular weight excluding hydrogens is 242 g/mol. The Kier molecular flexibility index (Phi) is 3.86. The zero-order chi connectivity index (χ0) is 12.3. The van der Waals surface area contributed by atoms with Crippen molar-refractivity contribution in [1.82, 2.24) is 5.32 Å². The Morgan fingerprint density at radius 3 is 3.06 bits per heavy atom. The van der Waals surface area contributed by atoms with Crippen LogP contribution in [-0.4, -0.2) is 25.7 Å². The van der Waals surface area contributed by atoms with Gasteiger partial charge in [0, 0.05) is 23.6 Å². The number of halogens is 1. The van der Waals surface area contributed by atoms with Crippen LogP contribution in [0.25, 0.3) is 0 Å². The molecule has 5 heteroatoms. The first-order chi connectivity index (χ1) is 8.20. The zero-order valence-electron chi connectivity index (χ0n) is 9.53. The Morgan fingerprint density at radius 1 is 1.59 bits per heavy atom. The van der Waals surface area contributed by atoms with Gasteiger partial charge in [-0.05, 0) is 25.2 Å². The standard InChI is InChI=1S/C12H14ClNO3/c1-14-7-8-6-9(13)2-3-10(8)17-11-4-5-16-12(11)15/h2-3,6,11,14H,4-5,7H2,1H3. The molecule has 17 heavy (non-hydrogen) atoms. The van der Waals surface area contributed by atoms with Crippen LogP contribution in [0.15, 0.2) is 18.2 Å². The summed E-state index contributed by atoms with van der Waals surface area (Å²) in [5.74, 6) is 0.378. The van der Waals surface area contributed by atoms with E-state index in [-0.39, 0.29) is 5.97 Å². The molecule has 1 aromatic carbocycles. The molecule has 0 aromatic heterocycles. The number of ether oxygens (including phenoxy) is 2. The van der Waals surface area contributed by atoms with E-state index < -0.39 is 6.10 Å². The van der Waals surface area contributed by atoms with Crippen molar-refractivity contribution in [2.24, 2.45) is 0 Å². The smallest absolute Gasteiger partial charge is 0.347 e. The third-order valence-electron chi connectivity index (χ3n) is 2.55. The van der Waals surface area contributed by atoms with Gasteiger partial charge < -0.3 is 14.8 Å². The van der Waals surface area contributed by atoms with E-state index in [9.17, 15) is 4.79 Å². The molecule has 0 aliphatic carbocycles. The molecule has 1 atom stereocenters. The number of hydrogen-bond acceptors (Lipinski definition) is 4. The second-order valence-electron chi connectivity index (χ2n) is 3.85. The fourth-order valence-corrected chi connectivity index (χ4v) is 1.92. The first-order valence-corrected chi connectivity index (χ1v) is 5.85. The molecule has 0 amide bonds. The maximum atomic E-state index is 11.3. The number of hydrogen-bond donors (Lipinski definition) is 1. The summed E-state index contributed by atoms with van der Waals surface area (Å²) < 4.78 is 10.5. The summed E-state index contributed by atoms with van der Waals surface area (Å²) in [5.41, 5.74) is 0.930. The number of rotatable bonds is 4. The lowest BCUT2D eigenvalue weighted by Crippen LogP contribution is -2.22. The van der Waals surface area contributed by atoms with Gasteiger partial charge in [-0.25, -0.2) is 4.79 Å². The number of cyclic esters (lactones) is 1. The first kappa shape index (κ1) is 12.2. The molecule has 0 saturated carbocycles. The van der Waals surface area contributed by atoms with Crippen LogP contribution < -0.4 is 10.1 Å². The topological polar surface area (TPSA) is 47.6 Å². The minimum atomic E-state index is -0.494. The molecule has 92 valence electrons. The molecule has 1 unspecified atom stereocenters. The van der Waals surface area contributed by atoms with Gasteiger partial charge >= 0.3 is 5.97 Å². The fraction of sp³-hybridized carbons (Fsp3) is 0.417. The molecule has 1 N–H and O–H groups in total. The molecule has 2 rings (SSSR count). The summed E-state index contributed by atoms with van der Waals surface area (Å²) in [4.78, 5) is 11.3. The normalized spacial score (nSPS) is 19.2. The molecule has 1 aliphatic rings. The van der Waals surface area contributed by atoms with Gasteiger partial charge in [-0.15, -0.1) is 0 Å². The number of nitrogens with one attached hydrogen (secondary N) is 1. The first-order valence-electron chi connectivity index (χ1n) is 5.47. The van der Waals surface area contributed by atoms with Gasteiger partial charge in [-0.1, -0.05) is 11.6 Å². The Labute approximate surface area is 105 Å². The van der Waals surface area contributed by atoms with Gasteiger partial charge in [0.15, 0.2) is 6.10 Å². The van der Waals surface area contributed by atoms with E-state index in [2.05, 4.69) is 5.32 Å². The number of esters is 1. The monoisotopic (exact) mass is 255 g/mol. The van der Waals surface area contributed by atoms with Crippen molar-refractivity contribution in [2.45, 2.75) is 19.1 Å².